The third-order valence-corrected chi connectivity index (χ3v) is 24.1. The van der Waals surface area contributed by atoms with Crippen LogP contribution in [0.15, 0.2) is 475 Å². The number of hydrogen-bond donors (Lipinski definition) is 0. The molecule has 0 saturated carbocycles. The van der Waals surface area contributed by atoms with Gasteiger partial charge in [0.25, 0.3) is 0 Å². The Kier molecular flexibility index (Phi) is 22.3. The second-order valence-corrected chi connectivity index (χ2v) is 32.4. The number of carbonyl (C=O) groups is 1. The Morgan fingerprint density at radius 2 is 0.432 bits per heavy atom. The molecule has 0 amide bonds. The van der Waals surface area contributed by atoms with Gasteiger partial charge in [-0.1, -0.05) is 357 Å². The highest BCUT2D eigenvalue weighted by molar-refractivity contribution is 6.59. The predicted octanol–water partition coefficient (Wildman–Crippen LogP) is 29.4. The molecule has 1 aliphatic carbocycles. The van der Waals surface area contributed by atoms with Gasteiger partial charge in [-0.25, -0.2) is 0 Å². The molecule has 7 aromatic heterocycles. The summed E-state index contributed by atoms with van der Waals surface area (Å²) >= 11 is 0. The zero-order valence-electron chi connectivity index (χ0n) is 71.4. The minimum absolute atomic E-state index is 0.0910. The molecular formula is C127H76O5. The Hall–Kier alpha value is -18.2. The van der Waals surface area contributed by atoms with Crippen molar-refractivity contribution in [2.24, 2.45) is 0 Å². The fourth-order valence-electron chi connectivity index (χ4n) is 17.7. The standard InChI is InChI=1S/C127H76O5/c128-125-119(96-32-18-6-19-33-96)115(113(98-54-44-89(45-55-98)40-36-85-22-8-1-9-23-85)121(125)104-58-48-91(49-59-104)42-38-87-26-12-3-13-27-87)100-68-76-108(77-69-100)131-109-78-70-101(71-79-109)116-118-103-74-82-111(83-75-103)132-110-80-72-102(73-81-110)117-114(99-56-46-90(47-57-99)41-37-86-24-10-2-11-25-86)122(105-60-50-92(51-61-105)43-39-88-28-14-4-15-29-88)127(130)124(117)107-66-64-95(65-67-107)112(94-30-16-5-17-31-94)84-93-52-62-106(63-53-93)123(118)126(129)120(116)97-34-20-7-21-35-97/h1-35,44-84H. The topological polar surface area (TPSA) is 73.6 Å². The van der Waals surface area contributed by atoms with Crippen LogP contribution in [0.1, 0.15) is 66.8 Å². The number of rotatable bonds is 11. The summed E-state index contributed by atoms with van der Waals surface area (Å²) in [6, 6.07) is 153. The van der Waals surface area contributed by atoms with Gasteiger partial charge >= 0.3 is 0 Å². The maximum absolute atomic E-state index is 16.2. The van der Waals surface area contributed by atoms with Crippen molar-refractivity contribution in [2.45, 2.75) is 0 Å². The van der Waals surface area contributed by atoms with Crippen LogP contribution in [0.2, 0.25) is 0 Å². The maximum Gasteiger partial charge on any atom is 0.195 e. The molecule has 0 atom stereocenters. The van der Waals surface area contributed by atoms with Gasteiger partial charge in [0.05, 0.1) is 0 Å². The monoisotopic (exact) mass is 1680 g/mol. The molecule has 0 aliphatic heterocycles. The molecule has 27 rings (SSSR count). The van der Waals surface area contributed by atoms with E-state index in [0.717, 1.165) is 166 Å². The summed E-state index contributed by atoms with van der Waals surface area (Å²) < 4.78 is 13.7. The molecule has 19 aromatic carbocycles. The molecule has 5 nitrogen and oxygen atoms in total. The van der Waals surface area contributed by atoms with Crippen molar-refractivity contribution in [2.75, 3.05) is 0 Å². The van der Waals surface area contributed by atoms with Gasteiger partial charge in [0.15, 0.2) is 16.6 Å². The molecule has 26 aromatic rings. The molecule has 0 saturated heterocycles. The highest BCUT2D eigenvalue weighted by Gasteiger charge is 2.36. The second kappa shape index (κ2) is 36.4. The van der Waals surface area contributed by atoms with Crippen molar-refractivity contribution >= 4 is 93.1 Å². The van der Waals surface area contributed by atoms with E-state index in [4.69, 9.17) is 9.15 Å². The number of ether oxygens (including phenoxy) is 1. The first-order chi connectivity index (χ1) is 65.2. The highest BCUT2D eigenvalue weighted by atomic mass is 16.5. The first-order valence-electron chi connectivity index (χ1n) is 43.8. The van der Waals surface area contributed by atoms with E-state index in [0.29, 0.717) is 55.7 Å². The minimum Gasteiger partial charge on any atom is -0.457 e. The smallest absolute Gasteiger partial charge is 0.195 e. The molecular weight excluding hydrogens is 1610 g/mol. The van der Waals surface area contributed by atoms with Crippen molar-refractivity contribution in [1.82, 2.24) is 0 Å². The van der Waals surface area contributed by atoms with Crippen LogP contribution >= 0.6 is 0 Å². The summed E-state index contributed by atoms with van der Waals surface area (Å²) in [5.41, 5.74) is 21.8. The van der Waals surface area contributed by atoms with Crippen LogP contribution in [0.25, 0.3) is 143 Å². The lowest BCUT2D eigenvalue weighted by Gasteiger charge is -2.15. The van der Waals surface area contributed by atoms with Gasteiger partial charge in [-0.2, -0.15) is 0 Å². The third kappa shape index (κ3) is 16.8. The van der Waals surface area contributed by atoms with Gasteiger partial charge in [0.1, 0.15) is 22.7 Å². The Morgan fingerprint density at radius 1 is 0.189 bits per heavy atom. The molecule has 0 fully saturated rings. The normalized spacial score (nSPS) is 11.6. The van der Waals surface area contributed by atoms with Crippen LogP contribution in [0, 0.1) is 47.4 Å². The van der Waals surface area contributed by atoms with Gasteiger partial charge in [0, 0.05) is 111 Å². The van der Waals surface area contributed by atoms with E-state index in [2.05, 4.69) is 138 Å². The first kappa shape index (κ1) is 80.9. The lowest BCUT2D eigenvalue weighted by molar-refractivity contribution is -0.108. The van der Waals surface area contributed by atoms with E-state index < -0.39 is 0 Å². The van der Waals surface area contributed by atoms with E-state index in [1.807, 2.05) is 370 Å². The first-order valence-corrected chi connectivity index (χ1v) is 43.8. The largest absolute Gasteiger partial charge is 0.457 e. The van der Waals surface area contributed by atoms with Crippen molar-refractivity contribution < 1.29 is 13.9 Å². The van der Waals surface area contributed by atoms with Crippen LogP contribution in [-0.2, 0) is 4.79 Å². The molecule has 0 unspecified atom stereocenters. The van der Waals surface area contributed by atoms with Crippen LogP contribution in [0.4, 0.5) is 0 Å². The summed E-state index contributed by atoms with van der Waals surface area (Å²) in [5.74, 6) is 27.7. The van der Waals surface area contributed by atoms with E-state index in [-0.39, 0.29) is 16.6 Å². The summed E-state index contributed by atoms with van der Waals surface area (Å²) in [4.78, 5) is 48.1. The lowest BCUT2D eigenvalue weighted by Crippen LogP contribution is -2.02. The Balaban J connectivity index is 0.690. The third-order valence-electron chi connectivity index (χ3n) is 24.1. The fourth-order valence-corrected chi connectivity index (χ4v) is 17.7. The average Bonchev–Trinajstić information content (AvgIpc) is 1.59. The zero-order valence-corrected chi connectivity index (χ0v) is 71.4. The van der Waals surface area contributed by atoms with E-state index in [1.165, 1.54) is 0 Å². The fraction of sp³-hybridized carbons (Fsp3) is 0. The van der Waals surface area contributed by atoms with Gasteiger partial charge in [-0.15, -0.1) is 0 Å². The van der Waals surface area contributed by atoms with E-state index in [9.17, 15) is 0 Å². The van der Waals surface area contributed by atoms with Crippen LogP contribution in [0.5, 0.6) is 11.5 Å². The number of ketones is 1. The molecule has 0 spiro atoms. The zero-order chi connectivity index (χ0) is 88.6. The quantitative estimate of drug-likeness (QED) is 0.121. The summed E-state index contributed by atoms with van der Waals surface area (Å²) in [7, 11) is 0. The highest BCUT2D eigenvalue weighted by Crippen LogP contribution is 2.51. The SMILES string of the molecule is O=C1C(c2ccc(C#Cc3ccccc3)cc2)=C(c2ccc(C#Cc3ccccc3)cc2)C(c2ccc(Oc3ccc(-c4c(-c5ccccc5)c(=O)c5c6ccc(cc6)cc(-c6ccccc6)c6ccc(cc6)c6c(=O)c(-c7ccc(C#Cc8ccccc8)cc7)c(-c7ccc(C#Cc8ccccc8)cc7)c6c6ccc(cc6)oc6ccc(cc6)c45)cc3)cc2)=C1c1ccccc1. The Morgan fingerprint density at radius 3 is 0.788 bits per heavy atom. The van der Waals surface area contributed by atoms with Gasteiger partial charge in [0.2, 0.25) is 0 Å². The Bertz CT molecular complexity index is 8460. The molecule has 8 bridgehead atoms. The maximum atomic E-state index is 16.2. The molecule has 0 N–H and O–H groups in total. The van der Waals surface area contributed by atoms with Gasteiger partial charge in [-0.3, -0.25) is 14.4 Å². The molecule has 614 valence electrons. The molecule has 132 heavy (non-hydrogen) atoms. The lowest BCUT2D eigenvalue weighted by atomic mass is 9.89. The molecule has 1 aliphatic rings. The second-order valence-electron chi connectivity index (χ2n) is 32.4. The Labute approximate surface area is 764 Å². The summed E-state index contributed by atoms with van der Waals surface area (Å²) in [6.45, 7) is 0. The average molecular weight is 1680 g/mol. The van der Waals surface area contributed by atoms with Crippen LogP contribution in [0.3, 0.4) is 0 Å². The van der Waals surface area contributed by atoms with E-state index >= 15 is 14.4 Å². The van der Waals surface area contributed by atoms with Crippen molar-refractivity contribution in [3.05, 3.63) is 548 Å². The summed E-state index contributed by atoms with van der Waals surface area (Å²) in [5, 5.41) is 7.63. The minimum atomic E-state index is -0.116. The van der Waals surface area contributed by atoms with Crippen molar-refractivity contribution in [1.29, 1.82) is 0 Å². The number of benzene rings is 17. The van der Waals surface area contributed by atoms with Crippen molar-refractivity contribution in [3.8, 4) is 114 Å². The number of Topliss-reactive ketones (excluding diaryl/α,β-unsaturated/α-hetero) is 1. The molecule has 7 heterocycles. The van der Waals surface area contributed by atoms with Crippen LogP contribution < -0.4 is 15.6 Å². The van der Waals surface area contributed by atoms with Gasteiger partial charge < -0.3 is 9.15 Å². The van der Waals surface area contributed by atoms with Crippen molar-refractivity contribution in [3.63, 3.8) is 0 Å². The molecule has 5 heteroatoms. The van der Waals surface area contributed by atoms with Gasteiger partial charge in [-0.05, 0) is 240 Å². The van der Waals surface area contributed by atoms with Crippen LogP contribution in [-0.4, -0.2) is 5.78 Å². The number of carbonyl (C=O) groups excluding carboxylic acids is 1. The number of allylic oxidation sites excluding steroid dienone is 4. The number of hydrogen-bond acceptors (Lipinski definition) is 5. The molecule has 0 radical (unpaired) electrons. The summed E-state index contributed by atoms with van der Waals surface area (Å²) in [6.07, 6.45) is 0. The van der Waals surface area contributed by atoms with E-state index in [1.54, 1.807) is 0 Å². The predicted molar refractivity (Wildman–Crippen MR) is 544 cm³/mol.